The molecule has 0 aromatic heterocycles. The highest BCUT2D eigenvalue weighted by Crippen LogP contribution is 2.36. The van der Waals surface area contributed by atoms with Gasteiger partial charge in [0.2, 0.25) is 5.91 Å². The number of nitrogens with one attached hydrogen (secondary N) is 1. The van der Waals surface area contributed by atoms with E-state index in [0.29, 0.717) is 0 Å². The van der Waals surface area contributed by atoms with Crippen LogP contribution in [0.4, 0.5) is 18.9 Å². The van der Waals surface area contributed by atoms with Crippen molar-refractivity contribution >= 4 is 35.6 Å². The summed E-state index contributed by atoms with van der Waals surface area (Å²) in [4.78, 5) is 11.2. The number of benzene rings is 1. The lowest BCUT2D eigenvalue weighted by Crippen LogP contribution is -2.16. The van der Waals surface area contributed by atoms with Crippen LogP contribution in [0.5, 0.6) is 0 Å². The first-order valence-corrected chi connectivity index (χ1v) is 5.09. The van der Waals surface area contributed by atoms with Crippen LogP contribution in [0.2, 0.25) is 5.02 Å². The van der Waals surface area contributed by atoms with Gasteiger partial charge in [-0.1, -0.05) is 11.6 Å². The number of carbonyl (C=O) groups is 1. The molecule has 102 valence electrons. The average Bonchev–Trinajstić information content (AvgIpc) is 2.19. The first-order valence-electron chi connectivity index (χ1n) is 4.71. The van der Waals surface area contributed by atoms with Crippen molar-refractivity contribution in [3.63, 3.8) is 0 Å². The highest BCUT2D eigenvalue weighted by molar-refractivity contribution is 6.31. The fourth-order valence-corrected chi connectivity index (χ4v) is 1.40. The van der Waals surface area contributed by atoms with Gasteiger partial charge in [-0.3, -0.25) is 4.79 Å². The Labute approximate surface area is 113 Å². The highest BCUT2D eigenvalue weighted by atomic mass is 35.5. The fourth-order valence-electron chi connectivity index (χ4n) is 1.17. The minimum Gasteiger partial charge on any atom is -0.330 e. The largest absolute Gasteiger partial charge is 0.417 e. The van der Waals surface area contributed by atoms with Crippen molar-refractivity contribution in [2.45, 2.75) is 12.6 Å². The number of amides is 1. The van der Waals surface area contributed by atoms with Crippen LogP contribution in [0.3, 0.4) is 0 Å². The van der Waals surface area contributed by atoms with E-state index in [9.17, 15) is 18.0 Å². The zero-order valence-electron chi connectivity index (χ0n) is 9.05. The van der Waals surface area contributed by atoms with E-state index in [-0.39, 0.29) is 31.1 Å². The average molecular weight is 303 g/mol. The molecule has 0 unspecified atom stereocenters. The molecule has 0 aliphatic rings. The van der Waals surface area contributed by atoms with Gasteiger partial charge in [-0.25, -0.2) is 0 Å². The van der Waals surface area contributed by atoms with Gasteiger partial charge in [0.15, 0.2) is 0 Å². The van der Waals surface area contributed by atoms with E-state index in [4.69, 9.17) is 17.3 Å². The minimum atomic E-state index is -4.55. The normalized spacial score (nSPS) is 10.7. The zero-order valence-corrected chi connectivity index (χ0v) is 10.6. The summed E-state index contributed by atoms with van der Waals surface area (Å²) in [5.74, 6) is -0.442. The molecule has 1 aromatic rings. The predicted octanol–water partition coefficient (Wildman–Crippen LogP) is 3.07. The molecule has 1 amide bonds. The van der Waals surface area contributed by atoms with Crippen LogP contribution in [-0.2, 0) is 11.0 Å². The molecule has 0 bridgehead atoms. The Hall–Kier alpha value is -0.980. The van der Waals surface area contributed by atoms with Crippen LogP contribution in [0.15, 0.2) is 18.2 Å². The molecule has 0 heterocycles. The molecular weight excluding hydrogens is 292 g/mol. The van der Waals surface area contributed by atoms with Gasteiger partial charge in [0, 0.05) is 18.7 Å². The third kappa shape index (κ3) is 4.72. The summed E-state index contributed by atoms with van der Waals surface area (Å²) in [6, 6.07) is 3.17. The molecule has 0 fully saturated rings. The maximum absolute atomic E-state index is 12.5. The summed E-state index contributed by atoms with van der Waals surface area (Å²) in [5, 5.41) is 1.90. The number of hydrogen-bond acceptors (Lipinski definition) is 2. The number of alkyl halides is 3. The van der Waals surface area contributed by atoms with E-state index in [1.165, 1.54) is 6.07 Å². The Morgan fingerprint density at radius 1 is 1.39 bits per heavy atom. The van der Waals surface area contributed by atoms with E-state index in [1.807, 2.05) is 0 Å². The molecular formula is C10H11Cl2F3N2O. The Bertz CT molecular complexity index is 424. The van der Waals surface area contributed by atoms with Crippen LogP contribution in [-0.4, -0.2) is 12.5 Å². The number of halogens is 5. The predicted molar refractivity (Wildman–Crippen MR) is 66.0 cm³/mol. The van der Waals surface area contributed by atoms with Gasteiger partial charge >= 0.3 is 6.18 Å². The zero-order chi connectivity index (χ0) is 13.1. The van der Waals surface area contributed by atoms with Crippen LogP contribution >= 0.6 is 24.0 Å². The molecule has 0 saturated carbocycles. The Kier molecular flexibility index (Phi) is 6.45. The van der Waals surface area contributed by atoms with Gasteiger partial charge in [-0.2, -0.15) is 13.2 Å². The quantitative estimate of drug-likeness (QED) is 0.901. The van der Waals surface area contributed by atoms with Gasteiger partial charge in [0.25, 0.3) is 0 Å². The van der Waals surface area contributed by atoms with Crippen molar-refractivity contribution in [1.29, 1.82) is 0 Å². The molecule has 1 rings (SSSR count). The molecule has 0 atom stereocenters. The molecule has 1 aromatic carbocycles. The van der Waals surface area contributed by atoms with Crippen molar-refractivity contribution in [3.8, 4) is 0 Å². The maximum atomic E-state index is 12.5. The summed E-state index contributed by atoms with van der Waals surface area (Å²) in [7, 11) is 0. The van der Waals surface area contributed by atoms with E-state index >= 15 is 0 Å². The van der Waals surface area contributed by atoms with Crippen molar-refractivity contribution in [1.82, 2.24) is 0 Å². The molecule has 3 N–H and O–H groups in total. The van der Waals surface area contributed by atoms with Gasteiger partial charge in [0.05, 0.1) is 10.6 Å². The second-order valence-corrected chi connectivity index (χ2v) is 3.69. The van der Waals surface area contributed by atoms with Crippen LogP contribution in [0.25, 0.3) is 0 Å². The van der Waals surface area contributed by atoms with Gasteiger partial charge < -0.3 is 11.1 Å². The Morgan fingerprint density at radius 3 is 2.50 bits per heavy atom. The third-order valence-corrected chi connectivity index (χ3v) is 2.26. The Balaban J connectivity index is 0.00000289. The van der Waals surface area contributed by atoms with Crippen molar-refractivity contribution in [2.75, 3.05) is 11.9 Å². The SMILES string of the molecule is Cl.NCCC(=O)Nc1ccc(Cl)c(C(F)(F)F)c1. The second kappa shape index (κ2) is 6.82. The van der Waals surface area contributed by atoms with E-state index in [0.717, 1.165) is 12.1 Å². The number of rotatable bonds is 3. The van der Waals surface area contributed by atoms with E-state index in [1.54, 1.807) is 0 Å². The lowest BCUT2D eigenvalue weighted by molar-refractivity contribution is -0.137. The van der Waals surface area contributed by atoms with Gasteiger partial charge in [-0.15, -0.1) is 12.4 Å². The molecule has 18 heavy (non-hydrogen) atoms. The van der Waals surface area contributed by atoms with E-state index in [2.05, 4.69) is 5.32 Å². The summed E-state index contributed by atoms with van der Waals surface area (Å²) < 4.78 is 37.5. The number of hydrogen-bond donors (Lipinski definition) is 2. The van der Waals surface area contributed by atoms with Crippen LogP contribution in [0.1, 0.15) is 12.0 Å². The van der Waals surface area contributed by atoms with Gasteiger partial charge in [-0.05, 0) is 18.2 Å². The van der Waals surface area contributed by atoms with Crippen molar-refractivity contribution in [3.05, 3.63) is 28.8 Å². The maximum Gasteiger partial charge on any atom is 0.417 e. The fraction of sp³-hybridized carbons (Fsp3) is 0.300. The molecule has 0 saturated heterocycles. The summed E-state index contributed by atoms with van der Waals surface area (Å²) in [6.45, 7) is 0.131. The lowest BCUT2D eigenvalue weighted by Gasteiger charge is -2.11. The molecule has 0 radical (unpaired) electrons. The number of carbonyl (C=O) groups excluding carboxylic acids is 1. The standard InChI is InChI=1S/C10H10ClF3N2O.ClH/c11-8-2-1-6(16-9(17)3-4-15)5-7(8)10(12,13)14;/h1-2,5H,3-4,15H2,(H,16,17);1H. The smallest absolute Gasteiger partial charge is 0.330 e. The van der Waals surface area contributed by atoms with Gasteiger partial charge in [0.1, 0.15) is 0 Å². The molecule has 3 nitrogen and oxygen atoms in total. The summed E-state index contributed by atoms with van der Waals surface area (Å²) >= 11 is 5.43. The summed E-state index contributed by atoms with van der Waals surface area (Å²) in [5.41, 5.74) is 4.20. The first kappa shape index (κ1) is 17.0. The molecule has 8 heteroatoms. The molecule has 0 aliphatic carbocycles. The topological polar surface area (TPSA) is 55.1 Å². The van der Waals surface area contributed by atoms with Crippen LogP contribution in [0, 0.1) is 0 Å². The highest BCUT2D eigenvalue weighted by Gasteiger charge is 2.33. The first-order chi connectivity index (χ1) is 7.84. The van der Waals surface area contributed by atoms with Crippen molar-refractivity contribution in [2.24, 2.45) is 5.73 Å². The Morgan fingerprint density at radius 2 is 2.00 bits per heavy atom. The minimum absolute atomic E-state index is 0. The molecule has 0 aliphatic heterocycles. The lowest BCUT2D eigenvalue weighted by atomic mass is 10.2. The second-order valence-electron chi connectivity index (χ2n) is 3.28. The van der Waals surface area contributed by atoms with Crippen LogP contribution < -0.4 is 11.1 Å². The van der Waals surface area contributed by atoms with Crippen molar-refractivity contribution < 1.29 is 18.0 Å². The third-order valence-electron chi connectivity index (χ3n) is 1.93. The van der Waals surface area contributed by atoms with E-state index < -0.39 is 22.7 Å². The molecule has 0 spiro atoms. The number of anilines is 1. The summed E-state index contributed by atoms with van der Waals surface area (Å²) in [6.07, 6.45) is -4.50. The monoisotopic (exact) mass is 302 g/mol. The number of nitrogens with two attached hydrogens (primary N) is 1.